The van der Waals surface area contributed by atoms with Gasteiger partial charge in [0.1, 0.15) is 11.2 Å². The molecular formula is C18H23ClN2O3. The van der Waals surface area contributed by atoms with Gasteiger partial charge < -0.3 is 14.5 Å². The lowest BCUT2D eigenvalue weighted by molar-refractivity contribution is -0.0639. The fourth-order valence-electron chi connectivity index (χ4n) is 3.01. The maximum Gasteiger partial charge on any atom is 0.410 e. The van der Waals surface area contributed by atoms with Gasteiger partial charge in [-0.15, -0.1) is 0 Å². The van der Waals surface area contributed by atoms with Gasteiger partial charge in [0.05, 0.1) is 5.71 Å². The smallest absolute Gasteiger partial charge is 0.410 e. The summed E-state index contributed by atoms with van der Waals surface area (Å²) >= 11 is 5.93. The standard InChI is InChI=1S/C18H23ClN2O3/c1-17(2,3)23-16(22)21-10-8-18(9-11-21)12-15(20-24-18)13-4-6-14(19)7-5-13/h4-7H,8-12H2,1-3H3. The minimum Gasteiger partial charge on any atom is -0.444 e. The minimum atomic E-state index is -0.471. The van der Waals surface area contributed by atoms with Gasteiger partial charge >= 0.3 is 6.09 Å². The van der Waals surface area contributed by atoms with Crippen LogP contribution in [0.1, 0.15) is 45.6 Å². The van der Waals surface area contributed by atoms with Crippen LogP contribution in [0.3, 0.4) is 0 Å². The lowest BCUT2D eigenvalue weighted by Crippen LogP contribution is -2.48. The number of halogens is 1. The summed E-state index contributed by atoms with van der Waals surface area (Å²) in [6.07, 6.45) is 2.02. The molecule has 0 saturated carbocycles. The van der Waals surface area contributed by atoms with Crippen molar-refractivity contribution >= 4 is 23.4 Å². The second-order valence-corrected chi connectivity index (χ2v) is 7.90. The Labute approximate surface area is 147 Å². The molecule has 1 fully saturated rings. The van der Waals surface area contributed by atoms with E-state index in [0.29, 0.717) is 18.1 Å². The van der Waals surface area contributed by atoms with Gasteiger partial charge in [0.2, 0.25) is 0 Å². The zero-order chi connectivity index (χ0) is 17.4. The van der Waals surface area contributed by atoms with E-state index in [4.69, 9.17) is 21.2 Å². The lowest BCUT2D eigenvalue weighted by atomic mass is 9.85. The van der Waals surface area contributed by atoms with Crippen molar-refractivity contribution in [1.82, 2.24) is 4.90 Å². The van der Waals surface area contributed by atoms with Gasteiger partial charge in [0.15, 0.2) is 0 Å². The maximum atomic E-state index is 12.2. The van der Waals surface area contributed by atoms with Crippen molar-refractivity contribution in [3.05, 3.63) is 34.9 Å². The number of likely N-dealkylation sites (tertiary alicyclic amines) is 1. The average Bonchev–Trinajstić information content (AvgIpc) is 2.91. The molecule has 0 aromatic heterocycles. The van der Waals surface area contributed by atoms with Crippen LogP contribution in [-0.4, -0.2) is 41.0 Å². The molecule has 0 aliphatic carbocycles. The Morgan fingerprint density at radius 1 is 1.25 bits per heavy atom. The van der Waals surface area contributed by atoms with E-state index in [1.807, 2.05) is 45.0 Å². The van der Waals surface area contributed by atoms with Gasteiger partial charge in [-0.1, -0.05) is 28.9 Å². The Morgan fingerprint density at radius 3 is 2.46 bits per heavy atom. The molecule has 1 spiro atoms. The normalized spacial score (nSPS) is 19.8. The van der Waals surface area contributed by atoms with E-state index in [2.05, 4.69) is 5.16 Å². The van der Waals surface area contributed by atoms with Crippen molar-refractivity contribution in [1.29, 1.82) is 0 Å². The number of hydrogen-bond acceptors (Lipinski definition) is 4. The molecular weight excluding hydrogens is 328 g/mol. The van der Waals surface area contributed by atoms with Crippen LogP contribution in [0.5, 0.6) is 0 Å². The highest BCUT2D eigenvalue weighted by Crippen LogP contribution is 2.36. The summed E-state index contributed by atoms with van der Waals surface area (Å²) in [5.74, 6) is 0. The fourth-order valence-corrected chi connectivity index (χ4v) is 3.14. The molecule has 0 unspecified atom stereocenters. The summed E-state index contributed by atoms with van der Waals surface area (Å²) in [6.45, 7) is 6.88. The van der Waals surface area contributed by atoms with Crippen LogP contribution < -0.4 is 0 Å². The van der Waals surface area contributed by atoms with Crippen LogP contribution in [0.4, 0.5) is 4.79 Å². The zero-order valence-corrected chi connectivity index (χ0v) is 15.1. The Kier molecular flexibility index (Phi) is 4.47. The number of carbonyl (C=O) groups is 1. The molecule has 2 aliphatic heterocycles. The second kappa shape index (κ2) is 6.28. The van der Waals surface area contributed by atoms with Gasteiger partial charge in [0, 0.05) is 37.4 Å². The van der Waals surface area contributed by atoms with Crippen LogP contribution in [-0.2, 0) is 9.57 Å². The van der Waals surface area contributed by atoms with E-state index in [1.165, 1.54) is 0 Å². The molecule has 1 amide bonds. The summed E-state index contributed by atoms with van der Waals surface area (Å²) in [4.78, 5) is 19.7. The number of benzene rings is 1. The highest BCUT2D eigenvalue weighted by atomic mass is 35.5. The topological polar surface area (TPSA) is 51.1 Å². The molecule has 130 valence electrons. The predicted octanol–water partition coefficient (Wildman–Crippen LogP) is 4.23. The summed E-state index contributed by atoms with van der Waals surface area (Å²) in [5, 5.41) is 4.99. The van der Waals surface area contributed by atoms with E-state index >= 15 is 0 Å². The molecule has 2 aliphatic rings. The van der Waals surface area contributed by atoms with Gasteiger partial charge in [-0.2, -0.15) is 0 Å². The quantitative estimate of drug-likeness (QED) is 0.761. The minimum absolute atomic E-state index is 0.255. The first kappa shape index (κ1) is 17.1. The van der Waals surface area contributed by atoms with Crippen molar-refractivity contribution < 1.29 is 14.4 Å². The molecule has 0 N–H and O–H groups in total. The van der Waals surface area contributed by atoms with Crippen molar-refractivity contribution in [3.63, 3.8) is 0 Å². The van der Waals surface area contributed by atoms with Crippen molar-refractivity contribution in [2.24, 2.45) is 5.16 Å². The molecule has 0 radical (unpaired) electrons. The first-order chi connectivity index (χ1) is 11.3. The number of carbonyl (C=O) groups excluding carboxylic acids is 1. The average molecular weight is 351 g/mol. The van der Waals surface area contributed by atoms with Crippen molar-refractivity contribution in [2.45, 2.75) is 51.2 Å². The third-order valence-electron chi connectivity index (χ3n) is 4.34. The first-order valence-electron chi connectivity index (χ1n) is 8.25. The third-order valence-corrected chi connectivity index (χ3v) is 4.59. The summed E-state index contributed by atoms with van der Waals surface area (Å²) in [6, 6.07) is 7.63. The molecule has 6 heteroatoms. The van der Waals surface area contributed by atoms with Crippen LogP contribution in [0.2, 0.25) is 5.02 Å². The van der Waals surface area contributed by atoms with Crippen LogP contribution >= 0.6 is 11.6 Å². The summed E-state index contributed by atoms with van der Waals surface area (Å²) < 4.78 is 5.43. The monoisotopic (exact) mass is 350 g/mol. The molecule has 24 heavy (non-hydrogen) atoms. The molecule has 1 saturated heterocycles. The van der Waals surface area contributed by atoms with Gasteiger partial charge in [-0.25, -0.2) is 4.79 Å². The van der Waals surface area contributed by atoms with Crippen molar-refractivity contribution in [3.8, 4) is 0 Å². The summed E-state index contributed by atoms with van der Waals surface area (Å²) in [5.41, 5.74) is 1.21. The molecule has 5 nitrogen and oxygen atoms in total. The van der Waals surface area contributed by atoms with E-state index in [0.717, 1.165) is 30.5 Å². The number of piperidine rings is 1. The number of oxime groups is 1. The predicted molar refractivity (Wildman–Crippen MR) is 93.5 cm³/mol. The Bertz CT molecular complexity index is 641. The van der Waals surface area contributed by atoms with Gasteiger partial charge in [-0.3, -0.25) is 0 Å². The first-order valence-corrected chi connectivity index (χ1v) is 8.63. The van der Waals surface area contributed by atoms with Crippen LogP contribution in [0.15, 0.2) is 29.4 Å². The lowest BCUT2D eigenvalue weighted by Gasteiger charge is -2.37. The number of amides is 1. The third kappa shape index (κ3) is 3.83. The van der Waals surface area contributed by atoms with Crippen LogP contribution in [0, 0.1) is 0 Å². The maximum absolute atomic E-state index is 12.2. The van der Waals surface area contributed by atoms with E-state index in [1.54, 1.807) is 4.90 Å². The number of hydrogen-bond donors (Lipinski definition) is 0. The highest BCUT2D eigenvalue weighted by molar-refractivity contribution is 6.30. The van der Waals surface area contributed by atoms with E-state index in [9.17, 15) is 4.79 Å². The molecule has 0 atom stereocenters. The molecule has 2 heterocycles. The SMILES string of the molecule is CC(C)(C)OC(=O)N1CCC2(CC1)CC(c1ccc(Cl)cc1)=NO2. The van der Waals surface area contributed by atoms with Crippen LogP contribution in [0.25, 0.3) is 0 Å². The fraction of sp³-hybridized carbons (Fsp3) is 0.556. The van der Waals surface area contributed by atoms with E-state index in [-0.39, 0.29) is 11.7 Å². The molecule has 0 bridgehead atoms. The van der Waals surface area contributed by atoms with Gasteiger partial charge in [0.25, 0.3) is 0 Å². The van der Waals surface area contributed by atoms with E-state index < -0.39 is 5.60 Å². The Morgan fingerprint density at radius 2 is 1.88 bits per heavy atom. The van der Waals surface area contributed by atoms with Crippen molar-refractivity contribution in [2.75, 3.05) is 13.1 Å². The Balaban J connectivity index is 1.57. The molecule has 1 aromatic carbocycles. The molecule has 1 aromatic rings. The summed E-state index contributed by atoms with van der Waals surface area (Å²) in [7, 11) is 0. The molecule has 3 rings (SSSR count). The number of nitrogens with zero attached hydrogens (tertiary/aromatic N) is 2. The highest BCUT2D eigenvalue weighted by Gasteiger charge is 2.43. The number of ether oxygens (including phenoxy) is 1. The van der Waals surface area contributed by atoms with Gasteiger partial charge in [-0.05, 0) is 38.5 Å². The largest absolute Gasteiger partial charge is 0.444 e. The number of rotatable bonds is 1. The Hall–Kier alpha value is -1.75. The zero-order valence-electron chi connectivity index (χ0n) is 14.3. The second-order valence-electron chi connectivity index (χ2n) is 7.46.